The molecule has 6 heteroatoms. The van der Waals surface area contributed by atoms with Crippen molar-refractivity contribution in [2.45, 2.75) is 33.0 Å². The van der Waals surface area contributed by atoms with Crippen molar-refractivity contribution in [3.05, 3.63) is 53.4 Å². The average Bonchev–Trinajstić information content (AvgIpc) is 3.18. The molecule has 0 aliphatic heterocycles. The number of thiophene rings is 1. The third-order valence-corrected chi connectivity index (χ3v) is 4.33. The van der Waals surface area contributed by atoms with Crippen LogP contribution in [0, 0.1) is 0 Å². The Morgan fingerprint density at radius 2 is 2.14 bits per heavy atom. The fourth-order valence-electron chi connectivity index (χ4n) is 2.22. The molecule has 114 valence electrons. The van der Waals surface area contributed by atoms with E-state index in [0.717, 1.165) is 29.6 Å². The highest BCUT2D eigenvalue weighted by molar-refractivity contribution is 7.13. The zero-order valence-corrected chi connectivity index (χ0v) is 13.5. The van der Waals surface area contributed by atoms with Crippen LogP contribution in [0.4, 0.5) is 0 Å². The lowest BCUT2D eigenvalue weighted by Gasteiger charge is -2.25. The first kappa shape index (κ1) is 14.9. The number of hydrogen-bond donors (Lipinski definition) is 1. The second-order valence-corrected chi connectivity index (χ2v) is 6.39. The molecular formula is C16H19N5S. The van der Waals surface area contributed by atoms with E-state index in [1.807, 2.05) is 29.8 Å². The summed E-state index contributed by atoms with van der Waals surface area (Å²) < 4.78 is 0. The Morgan fingerprint density at radius 3 is 2.82 bits per heavy atom. The van der Waals surface area contributed by atoms with E-state index < -0.39 is 0 Å². The maximum atomic E-state index is 4.60. The van der Waals surface area contributed by atoms with Crippen LogP contribution in [-0.4, -0.2) is 31.1 Å². The molecule has 0 fully saturated rings. The second-order valence-electron chi connectivity index (χ2n) is 5.44. The van der Waals surface area contributed by atoms with Gasteiger partial charge in [-0.1, -0.05) is 12.1 Å². The summed E-state index contributed by atoms with van der Waals surface area (Å²) in [5.74, 6) is 1.66. The fourth-order valence-corrected chi connectivity index (χ4v) is 2.88. The summed E-state index contributed by atoms with van der Waals surface area (Å²) in [4.78, 5) is 12.2. The first-order valence-electron chi connectivity index (χ1n) is 7.30. The number of aromatic nitrogens is 4. The maximum Gasteiger partial charge on any atom is 0.191 e. The van der Waals surface area contributed by atoms with Crippen molar-refractivity contribution in [1.82, 2.24) is 25.1 Å². The van der Waals surface area contributed by atoms with Gasteiger partial charge in [-0.15, -0.1) is 11.3 Å². The molecule has 0 unspecified atom stereocenters. The van der Waals surface area contributed by atoms with Gasteiger partial charge in [-0.05, 0) is 36.9 Å². The smallest absolute Gasteiger partial charge is 0.191 e. The van der Waals surface area contributed by atoms with E-state index in [0.29, 0.717) is 6.04 Å². The van der Waals surface area contributed by atoms with Gasteiger partial charge >= 0.3 is 0 Å². The molecule has 3 aromatic rings. The Labute approximate surface area is 134 Å². The van der Waals surface area contributed by atoms with Crippen molar-refractivity contribution < 1.29 is 0 Å². The molecule has 22 heavy (non-hydrogen) atoms. The Bertz CT molecular complexity index is 690. The lowest BCUT2D eigenvalue weighted by molar-refractivity contribution is 0.198. The maximum absolute atomic E-state index is 4.60. The standard InChI is InChI=1S/C16H19N5S/c1-12(2)21(10-13-5-3-7-17-9-13)11-15-18-16(20-19-15)14-6-4-8-22-14/h3-9,12H,10-11H2,1-2H3,(H,18,19,20). The highest BCUT2D eigenvalue weighted by Gasteiger charge is 2.14. The molecule has 0 saturated carbocycles. The zero-order chi connectivity index (χ0) is 15.4. The summed E-state index contributed by atoms with van der Waals surface area (Å²) in [6.45, 7) is 5.96. The number of nitrogens with zero attached hydrogens (tertiary/aromatic N) is 4. The van der Waals surface area contributed by atoms with Gasteiger partial charge in [0.2, 0.25) is 0 Å². The highest BCUT2D eigenvalue weighted by atomic mass is 32.1. The molecule has 3 rings (SSSR count). The van der Waals surface area contributed by atoms with Crippen LogP contribution >= 0.6 is 11.3 Å². The molecule has 0 bridgehead atoms. The van der Waals surface area contributed by atoms with Crippen LogP contribution in [0.1, 0.15) is 25.2 Å². The van der Waals surface area contributed by atoms with Crippen LogP contribution < -0.4 is 0 Å². The third-order valence-electron chi connectivity index (χ3n) is 3.46. The van der Waals surface area contributed by atoms with Gasteiger partial charge < -0.3 is 0 Å². The number of hydrogen-bond acceptors (Lipinski definition) is 5. The number of nitrogens with one attached hydrogen (secondary N) is 1. The minimum Gasteiger partial charge on any atom is -0.289 e. The second kappa shape index (κ2) is 6.81. The van der Waals surface area contributed by atoms with Crippen molar-refractivity contribution in [3.63, 3.8) is 0 Å². The molecule has 0 aliphatic carbocycles. The van der Waals surface area contributed by atoms with E-state index in [-0.39, 0.29) is 0 Å². The summed E-state index contributed by atoms with van der Waals surface area (Å²) in [6, 6.07) is 8.53. The predicted molar refractivity (Wildman–Crippen MR) is 88.3 cm³/mol. The van der Waals surface area contributed by atoms with Gasteiger partial charge in [-0.25, -0.2) is 4.98 Å². The lowest BCUT2D eigenvalue weighted by Crippen LogP contribution is -2.30. The molecule has 3 heterocycles. The van der Waals surface area contributed by atoms with Gasteiger partial charge in [0.25, 0.3) is 0 Å². The number of pyridine rings is 1. The minimum absolute atomic E-state index is 0.412. The van der Waals surface area contributed by atoms with Crippen LogP contribution in [0.25, 0.3) is 10.7 Å². The van der Waals surface area contributed by atoms with E-state index in [9.17, 15) is 0 Å². The van der Waals surface area contributed by atoms with Gasteiger partial charge in [-0.2, -0.15) is 5.10 Å². The highest BCUT2D eigenvalue weighted by Crippen LogP contribution is 2.21. The van der Waals surface area contributed by atoms with Crippen LogP contribution in [0.2, 0.25) is 0 Å². The van der Waals surface area contributed by atoms with Crippen LogP contribution in [-0.2, 0) is 13.1 Å². The molecule has 5 nitrogen and oxygen atoms in total. The zero-order valence-electron chi connectivity index (χ0n) is 12.7. The molecule has 0 saturated heterocycles. The molecule has 0 radical (unpaired) electrons. The minimum atomic E-state index is 0.412. The SMILES string of the molecule is CC(C)N(Cc1cccnc1)Cc1nc(-c2cccs2)n[nH]1. The van der Waals surface area contributed by atoms with Gasteiger partial charge in [0, 0.05) is 25.0 Å². The van der Waals surface area contributed by atoms with E-state index >= 15 is 0 Å². The topological polar surface area (TPSA) is 57.7 Å². The van der Waals surface area contributed by atoms with E-state index in [1.165, 1.54) is 5.56 Å². The van der Waals surface area contributed by atoms with Crippen molar-refractivity contribution in [2.24, 2.45) is 0 Å². The van der Waals surface area contributed by atoms with E-state index in [2.05, 4.69) is 45.0 Å². The molecule has 0 aromatic carbocycles. The summed E-state index contributed by atoms with van der Waals surface area (Å²) in [7, 11) is 0. The van der Waals surface area contributed by atoms with Crippen molar-refractivity contribution in [3.8, 4) is 10.7 Å². The van der Waals surface area contributed by atoms with Crippen LogP contribution in [0.15, 0.2) is 42.0 Å². The summed E-state index contributed by atoms with van der Waals surface area (Å²) >= 11 is 1.65. The van der Waals surface area contributed by atoms with Crippen LogP contribution in [0.5, 0.6) is 0 Å². The van der Waals surface area contributed by atoms with Crippen molar-refractivity contribution in [2.75, 3.05) is 0 Å². The summed E-state index contributed by atoms with van der Waals surface area (Å²) in [5, 5.41) is 9.40. The van der Waals surface area contributed by atoms with Crippen molar-refractivity contribution in [1.29, 1.82) is 0 Å². The Morgan fingerprint density at radius 1 is 1.23 bits per heavy atom. The quantitative estimate of drug-likeness (QED) is 0.758. The summed E-state index contributed by atoms with van der Waals surface area (Å²) in [6.07, 6.45) is 3.71. The largest absolute Gasteiger partial charge is 0.289 e. The number of rotatable bonds is 6. The fraction of sp³-hybridized carbons (Fsp3) is 0.312. The first-order chi connectivity index (χ1) is 10.7. The Kier molecular flexibility index (Phi) is 4.60. The predicted octanol–water partition coefficient (Wildman–Crippen LogP) is 3.34. The average molecular weight is 313 g/mol. The Balaban J connectivity index is 1.71. The summed E-state index contributed by atoms with van der Waals surface area (Å²) in [5.41, 5.74) is 1.20. The normalized spacial score (nSPS) is 11.5. The number of H-pyrrole nitrogens is 1. The molecule has 0 amide bonds. The van der Waals surface area contributed by atoms with E-state index in [1.54, 1.807) is 17.5 Å². The first-order valence-corrected chi connectivity index (χ1v) is 8.18. The molecular weight excluding hydrogens is 294 g/mol. The third kappa shape index (κ3) is 3.58. The molecule has 0 atom stereocenters. The molecule has 0 spiro atoms. The Hall–Kier alpha value is -2.05. The van der Waals surface area contributed by atoms with Gasteiger partial charge in [0.05, 0.1) is 11.4 Å². The molecule has 0 aliphatic rings. The van der Waals surface area contributed by atoms with Crippen LogP contribution in [0.3, 0.4) is 0 Å². The molecule has 3 aromatic heterocycles. The lowest BCUT2D eigenvalue weighted by atomic mass is 10.2. The number of aromatic amines is 1. The van der Waals surface area contributed by atoms with Gasteiger partial charge in [0.15, 0.2) is 5.82 Å². The molecule has 1 N–H and O–H groups in total. The monoisotopic (exact) mass is 313 g/mol. The van der Waals surface area contributed by atoms with Crippen molar-refractivity contribution >= 4 is 11.3 Å². The van der Waals surface area contributed by atoms with Gasteiger partial charge in [-0.3, -0.25) is 15.0 Å². The van der Waals surface area contributed by atoms with E-state index in [4.69, 9.17) is 0 Å². The van der Waals surface area contributed by atoms with Gasteiger partial charge in [0.1, 0.15) is 5.82 Å².